The van der Waals surface area contributed by atoms with Crippen molar-refractivity contribution in [3.8, 4) is 0 Å². The summed E-state index contributed by atoms with van der Waals surface area (Å²) in [6, 6.07) is 6.32. The highest BCUT2D eigenvalue weighted by Gasteiger charge is 2.50. The van der Waals surface area contributed by atoms with E-state index in [1.54, 1.807) is 18.2 Å². The van der Waals surface area contributed by atoms with Crippen LogP contribution in [-0.2, 0) is 5.79 Å². The van der Waals surface area contributed by atoms with Gasteiger partial charge >= 0.3 is 0 Å². The molecule has 1 aliphatic carbocycles. The molecule has 1 aliphatic rings. The predicted molar refractivity (Wildman–Crippen MR) is 47.4 cm³/mol. The van der Waals surface area contributed by atoms with Crippen LogP contribution >= 0.6 is 0 Å². The van der Waals surface area contributed by atoms with Crippen molar-refractivity contribution >= 4 is 6.08 Å². The molecule has 0 saturated carbocycles. The van der Waals surface area contributed by atoms with Crippen LogP contribution in [0.3, 0.4) is 0 Å². The minimum atomic E-state index is -2.78. The highest BCUT2D eigenvalue weighted by atomic mass is 16.6. The molecule has 0 atom stereocenters. The molecular weight excluding hydrogens is 184 g/mol. The van der Waals surface area contributed by atoms with Crippen molar-refractivity contribution in [3.63, 3.8) is 0 Å². The summed E-state index contributed by atoms with van der Waals surface area (Å²) in [6.45, 7) is 0. The first-order valence-electron chi connectivity index (χ1n) is 4.05. The molecular formula is C10H9O4. The second kappa shape index (κ2) is 2.65. The Balaban J connectivity index is 2.66. The van der Waals surface area contributed by atoms with Crippen molar-refractivity contribution in [3.05, 3.63) is 41.5 Å². The standard InChI is InChI=1S/C10H9O4/c11-9(12)6-5-7-3-1-2-4-8(7)10(9,13)14/h1-5,11-14H. The van der Waals surface area contributed by atoms with E-state index in [1.807, 2.05) is 0 Å². The predicted octanol–water partition coefficient (Wildman–Crippen LogP) is -0.665. The lowest BCUT2D eigenvalue weighted by Crippen LogP contribution is -2.52. The van der Waals surface area contributed by atoms with Gasteiger partial charge in [0.25, 0.3) is 11.6 Å². The lowest BCUT2D eigenvalue weighted by atomic mass is 9.87. The van der Waals surface area contributed by atoms with Crippen LogP contribution in [-0.4, -0.2) is 26.2 Å². The maximum absolute atomic E-state index is 9.53. The van der Waals surface area contributed by atoms with E-state index < -0.39 is 11.6 Å². The van der Waals surface area contributed by atoms with Crippen molar-refractivity contribution in [2.45, 2.75) is 11.6 Å². The number of hydrogen-bond donors (Lipinski definition) is 4. The van der Waals surface area contributed by atoms with Crippen LogP contribution in [0, 0.1) is 6.08 Å². The van der Waals surface area contributed by atoms with Gasteiger partial charge in [-0.1, -0.05) is 24.3 Å². The Morgan fingerprint density at radius 3 is 2.36 bits per heavy atom. The molecule has 2 rings (SSSR count). The normalized spacial score (nSPS) is 21.7. The van der Waals surface area contributed by atoms with Crippen LogP contribution < -0.4 is 0 Å². The Bertz CT molecular complexity index is 393. The molecule has 4 N–H and O–H groups in total. The summed E-state index contributed by atoms with van der Waals surface area (Å²) in [4.78, 5) is 0. The SMILES string of the molecule is OC1(O)[C]=Cc2ccccc2C1(O)O. The third kappa shape index (κ3) is 1.09. The average molecular weight is 193 g/mol. The highest BCUT2D eigenvalue weighted by Crippen LogP contribution is 2.36. The van der Waals surface area contributed by atoms with E-state index in [4.69, 9.17) is 0 Å². The molecule has 1 aromatic carbocycles. The van der Waals surface area contributed by atoms with Gasteiger partial charge in [0.05, 0.1) is 0 Å². The molecule has 0 fully saturated rings. The van der Waals surface area contributed by atoms with Gasteiger partial charge in [0.15, 0.2) is 0 Å². The zero-order valence-corrected chi connectivity index (χ0v) is 7.18. The average Bonchev–Trinajstić information content (AvgIpc) is 2.13. The molecule has 4 nitrogen and oxygen atoms in total. The summed E-state index contributed by atoms with van der Waals surface area (Å²) in [5, 5.41) is 37.6. The van der Waals surface area contributed by atoms with Crippen LogP contribution in [0.15, 0.2) is 24.3 Å². The zero-order valence-electron chi connectivity index (χ0n) is 7.18. The third-order valence-electron chi connectivity index (χ3n) is 2.25. The highest BCUT2D eigenvalue weighted by molar-refractivity contribution is 5.57. The molecule has 4 heteroatoms. The Hall–Kier alpha value is -1.20. The van der Waals surface area contributed by atoms with Crippen molar-refractivity contribution in [2.24, 2.45) is 0 Å². The molecule has 0 saturated heterocycles. The molecule has 0 amide bonds. The first-order chi connectivity index (χ1) is 6.45. The lowest BCUT2D eigenvalue weighted by Gasteiger charge is -2.36. The number of benzene rings is 1. The second-order valence-electron chi connectivity index (χ2n) is 3.22. The topological polar surface area (TPSA) is 80.9 Å². The van der Waals surface area contributed by atoms with Crippen LogP contribution in [0.4, 0.5) is 0 Å². The van der Waals surface area contributed by atoms with Crippen LogP contribution in [0.1, 0.15) is 11.1 Å². The summed E-state index contributed by atoms with van der Waals surface area (Å²) >= 11 is 0. The smallest absolute Gasteiger partial charge is 0.251 e. The van der Waals surface area contributed by atoms with Crippen LogP contribution in [0.2, 0.25) is 0 Å². The van der Waals surface area contributed by atoms with Gasteiger partial charge in [-0.05, 0) is 11.6 Å². The van der Waals surface area contributed by atoms with Gasteiger partial charge in [0.1, 0.15) is 0 Å². The van der Waals surface area contributed by atoms with E-state index in [0.717, 1.165) is 0 Å². The fourth-order valence-corrected chi connectivity index (χ4v) is 1.41. The van der Waals surface area contributed by atoms with Gasteiger partial charge in [0.2, 0.25) is 0 Å². The van der Waals surface area contributed by atoms with E-state index in [2.05, 4.69) is 6.08 Å². The molecule has 1 aromatic rings. The van der Waals surface area contributed by atoms with Crippen molar-refractivity contribution in [1.82, 2.24) is 0 Å². The maximum Gasteiger partial charge on any atom is 0.251 e. The molecule has 14 heavy (non-hydrogen) atoms. The zero-order chi connectivity index (χ0) is 10.4. The summed E-state index contributed by atoms with van der Waals surface area (Å²) in [5.41, 5.74) is 0.542. The number of fused-ring (bicyclic) bond motifs is 1. The molecule has 0 bridgehead atoms. The quantitative estimate of drug-likeness (QED) is 0.412. The van der Waals surface area contributed by atoms with Crippen molar-refractivity contribution in [2.75, 3.05) is 0 Å². The Labute approximate surface area is 80.4 Å². The largest absolute Gasteiger partial charge is 0.357 e. The molecule has 1 radical (unpaired) electrons. The van der Waals surface area contributed by atoms with Gasteiger partial charge in [-0.3, -0.25) is 0 Å². The van der Waals surface area contributed by atoms with Gasteiger partial charge < -0.3 is 20.4 Å². The van der Waals surface area contributed by atoms with E-state index in [0.29, 0.717) is 5.56 Å². The Morgan fingerprint density at radius 2 is 1.64 bits per heavy atom. The summed E-state index contributed by atoms with van der Waals surface area (Å²) in [7, 11) is 0. The number of aliphatic hydroxyl groups is 4. The molecule has 0 unspecified atom stereocenters. The van der Waals surface area contributed by atoms with E-state index in [9.17, 15) is 20.4 Å². The van der Waals surface area contributed by atoms with Gasteiger partial charge in [-0.15, -0.1) is 0 Å². The van der Waals surface area contributed by atoms with Crippen molar-refractivity contribution in [1.29, 1.82) is 0 Å². The lowest BCUT2D eigenvalue weighted by molar-refractivity contribution is -0.347. The minimum Gasteiger partial charge on any atom is -0.357 e. The molecule has 0 heterocycles. The molecule has 0 aromatic heterocycles. The van der Waals surface area contributed by atoms with E-state index >= 15 is 0 Å². The minimum absolute atomic E-state index is 0.0451. The second-order valence-corrected chi connectivity index (χ2v) is 3.22. The third-order valence-corrected chi connectivity index (χ3v) is 2.25. The Morgan fingerprint density at radius 1 is 1.00 bits per heavy atom. The molecule has 0 aliphatic heterocycles. The van der Waals surface area contributed by atoms with Crippen molar-refractivity contribution < 1.29 is 20.4 Å². The maximum atomic E-state index is 9.53. The Kier molecular flexibility index (Phi) is 1.77. The van der Waals surface area contributed by atoms with E-state index in [1.165, 1.54) is 12.1 Å². The van der Waals surface area contributed by atoms with Crippen LogP contribution in [0.25, 0.3) is 6.08 Å². The molecule has 73 valence electrons. The first kappa shape index (κ1) is 9.36. The molecule has 0 spiro atoms. The first-order valence-corrected chi connectivity index (χ1v) is 4.05. The van der Waals surface area contributed by atoms with Gasteiger partial charge in [-0.25, -0.2) is 0 Å². The fraction of sp³-hybridized carbons (Fsp3) is 0.200. The summed E-state index contributed by atoms with van der Waals surface area (Å²) in [5.74, 6) is -5.50. The number of rotatable bonds is 0. The van der Waals surface area contributed by atoms with E-state index in [-0.39, 0.29) is 5.56 Å². The number of hydrogen-bond acceptors (Lipinski definition) is 4. The van der Waals surface area contributed by atoms with Crippen LogP contribution in [0.5, 0.6) is 0 Å². The monoisotopic (exact) mass is 193 g/mol. The summed E-state index contributed by atoms with van der Waals surface area (Å²) < 4.78 is 0. The fourth-order valence-electron chi connectivity index (χ4n) is 1.41. The van der Waals surface area contributed by atoms with Gasteiger partial charge in [-0.2, -0.15) is 0 Å². The van der Waals surface area contributed by atoms with Gasteiger partial charge in [0, 0.05) is 11.6 Å². The summed E-state index contributed by atoms with van der Waals surface area (Å²) in [6.07, 6.45) is 3.40.